The van der Waals surface area contributed by atoms with Gasteiger partial charge in [0.15, 0.2) is 0 Å². The smallest absolute Gasteiger partial charge is 0.244 e. The van der Waals surface area contributed by atoms with Crippen LogP contribution in [-0.4, -0.2) is 39.9 Å². The summed E-state index contributed by atoms with van der Waals surface area (Å²) >= 11 is 3.18. The molecule has 5 nitrogen and oxygen atoms in total. The molecule has 1 saturated heterocycles. The summed E-state index contributed by atoms with van der Waals surface area (Å²) in [4.78, 5) is 29.8. The summed E-state index contributed by atoms with van der Waals surface area (Å²) < 4.78 is 1.16. The number of hydrogen-bond acceptors (Lipinski definition) is 5. The van der Waals surface area contributed by atoms with E-state index >= 15 is 0 Å². The largest absolute Gasteiger partial charge is 0.325 e. The summed E-state index contributed by atoms with van der Waals surface area (Å²) in [5, 5.41) is 3.79. The zero-order valence-electron chi connectivity index (χ0n) is 13.3. The number of amides is 2. The number of benzene rings is 2. The van der Waals surface area contributed by atoms with E-state index in [0.29, 0.717) is 17.3 Å². The lowest BCUT2D eigenvalue weighted by molar-refractivity contribution is -0.130. The molecule has 1 aromatic heterocycles. The zero-order chi connectivity index (χ0) is 17.2. The van der Waals surface area contributed by atoms with E-state index in [-0.39, 0.29) is 18.4 Å². The molecular formula is C18H15N3O2S2. The molecule has 0 unspecified atom stereocenters. The molecule has 126 valence electrons. The summed E-state index contributed by atoms with van der Waals surface area (Å²) in [6, 6.07) is 15.7. The van der Waals surface area contributed by atoms with Crippen molar-refractivity contribution in [2.45, 2.75) is 0 Å². The minimum atomic E-state index is -0.177. The fraction of sp³-hybridized carbons (Fsp3) is 0.167. The fourth-order valence-electron chi connectivity index (χ4n) is 2.61. The van der Waals surface area contributed by atoms with E-state index in [9.17, 15) is 9.59 Å². The number of carbonyl (C=O) groups excluding carboxylic acids is 2. The molecule has 0 aliphatic carbocycles. The minimum Gasteiger partial charge on any atom is -0.325 e. The van der Waals surface area contributed by atoms with E-state index in [1.807, 2.05) is 42.5 Å². The monoisotopic (exact) mass is 369 g/mol. The Morgan fingerprint density at radius 1 is 1.16 bits per heavy atom. The van der Waals surface area contributed by atoms with Crippen LogP contribution in [0.3, 0.4) is 0 Å². The molecule has 1 aliphatic heterocycles. The Hall–Kier alpha value is -2.38. The van der Waals surface area contributed by atoms with Crippen LogP contribution in [0.5, 0.6) is 0 Å². The lowest BCUT2D eigenvalue weighted by Gasteiger charge is -2.14. The second kappa shape index (κ2) is 6.85. The Labute approximate surface area is 153 Å². The maximum absolute atomic E-state index is 12.1. The van der Waals surface area contributed by atoms with Gasteiger partial charge in [0.05, 0.1) is 21.8 Å². The van der Waals surface area contributed by atoms with Crippen molar-refractivity contribution in [3.8, 4) is 10.6 Å². The lowest BCUT2D eigenvalue weighted by atomic mass is 10.2. The number of thiazole rings is 1. The first-order valence-electron chi connectivity index (χ1n) is 7.80. The van der Waals surface area contributed by atoms with Gasteiger partial charge in [-0.1, -0.05) is 12.1 Å². The zero-order valence-corrected chi connectivity index (χ0v) is 14.9. The minimum absolute atomic E-state index is 0.0198. The second-order valence-corrected chi connectivity index (χ2v) is 7.67. The predicted octanol–water partition coefficient (Wildman–Crippen LogP) is 3.43. The van der Waals surface area contributed by atoms with Crippen molar-refractivity contribution >= 4 is 50.8 Å². The quantitative estimate of drug-likeness (QED) is 0.765. The number of hydrogen-bond donors (Lipinski definition) is 1. The Morgan fingerprint density at radius 2 is 1.96 bits per heavy atom. The summed E-state index contributed by atoms with van der Waals surface area (Å²) in [7, 11) is 0. The summed E-state index contributed by atoms with van der Waals surface area (Å²) in [5.74, 6) is 0.891. The molecule has 2 amide bonds. The number of anilines is 1. The maximum atomic E-state index is 12.1. The topological polar surface area (TPSA) is 62.3 Å². The Balaban J connectivity index is 1.44. The number of nitrogens with zero attached hydrogens (tertiary/aromatic N) is 2. The van der Waals surface area contributed by atoms with Gasteiger partial charge in [0.2, 0.25) is 11.8 Å². The lowest BCUT2D eigenvalue weighted by Crippen LogP contribution is -2.34. The van der Waals surface area contributed by atoms with Crippen molar-refractivity contribution in [2.75, 3.05) is 23.5 Å². The molecule has 0 saturated carbocycles. The second-order valence-electron chi connectivity index (χ2n) is 5.68. The van der Waals surface area contributed by atoms with Crippen LogP contribution in [0.25, 0.3) is 20.8 Å². The number of nitrogens with one attached hydrogen (secondary N) is 1. The first-order valence-corrected chi connectivity index (χ1v) is 9.77. The molecule has 25 heavy (non-hydrogen) atoms. The third-order valence-electron chi connectivity index (χ3n) is 3.87. The van der Waals surface area contributed by atoms with Crippen molar-refractivity contribution in [1.82, 2.24) is 9.88 Å². The molecule has 0 spiro atoms. The van der Waals surface area contributed by atoms with Gasteiger partial charge in [-0.3, -0.25) is 9.59 Å². The van der Waals surface area contributed by atoms with Crippen LogP contribution in [0.15, 0.2) is 48.5 Å². The van der Waals surface area contributed by atoms with E-state index in [2.05, 4.69) is 16.4 Å². The molecule has 2 aromatic carbocycles. The van der Waals surface area contributed by atoms with Crippen molar-refractivity contribution in [3.05, 3.63) is 48.5 Å². The number of aromatic nitrogens is 1. The average molecular weight is 369 g/mol. The Morgan fingerprint density at radius 3 is 2.68 bits per heavy atom. The molecule has 0 radical (unpaired) electrons. The van der Waals surface area contributed by atoms with Gasteiger partial charge in [-0.25, -0.2) is 4.98 Å². The molecular weight excluding hydrogens is 354 g/mol. The van der Waals surface area contributed by atoms with Crippen molar-refractivity contribution < 1.29 is 9.59 Å². The maximum Gasteiger partial charge on any atom is 0.244 e. The highest BCUT2D eigenvalue weighted by Gasteiger charge is 2.22. The van der Waals surface area contributed by atoms with Gasteiger partial charge in [-0.15, -0.1) is 23.1 Å². The third kappa shape index (κ3) is 3.52. The first kappa shape index (κ1) is 16.1. The third-order valence-corrected chi connectivity index (χ3v) is 5.90. The van der Waals surface area contributed by atoms with Crippen LogP contribution < -0.4 is 5.32 Å². The molecule has 4 rings (SSSR count). The van der Waals surface area contributed by atoms with Crippen LogP contribution in [0.4, 0.5) is 5.69 Å². The number of carbonyl (C=O) groups is 2. The molecule has 1 N–H and O–H groups in total. The molecule has 0 atom stereocenters. The van der Waals surface area contributed by atoms with Crippen LogP contribution in [-0.2, 0) is 9.59 Å². The van der Waals surface area contributed by atoms with Gasteiger partial charge in [0.1, 0.15) is 11.6 Å². The van der Waals surface area contributed by atoms with Crippen molar-refractivity contribution in [3.63, 3.8) is 0 Å². The van der Waals surface area contributed by atoms with Gasteiger partial charge >= 0.3 is 0 Å². The van der Waals surface area contributed by atoms with Gasteiger partial charge in [-0.05, 0) is 36.4 Å². The normalized spacial score (nSPS) is 14.2. The molecule has 3 aromatic rings. The number of fused-ring (bicyclic) bond motifs is 1. The van der Waals surface area contributed by atoms with Crippen LogP contribution in [0.2, 0.25) is 0 Å². The van der Waals surface area contributed by atoms with Gasteiger partial charge in [0.25, 0.3) is 0 Å². The SMILES string of the molecule is O=C(CN1CSCC1=O)Nc1ccc(-c2nc3ccccc3s2)cc1. The predicted molar refractivity (Wildman–Crippen MR) is 103 cm³/mol. The molecule has 1 aliphatic rings. The molecule has 1 fully saturated rings. The number of para-hydroxylation sites is 1. The fourth-order valence-corrected chi connectivity index (χ4v) is 4.48. The average Bonchev–Trinajstić information content (AvgIpc) is 3.22. The summed E-state index contributed by atoms with van der Waals surface area (Å²) in [6.45, 7) is 0.103. The Bertz CT molecular complexity index is 904. The highest BCUT2D eigenvalue weighted by atomic mass is 32.2. The van der Waals surface area contributed by atoms with Crippen LogP contribution >= 0.6 is 23.1 Å². The Kier molecular flexibility index (Phi) is 4.42. The van der Waals surface area contributed by atoms with E-state index < -0.39 is 0 Å². The summed E-state index contributed by atoms with van der Waals surface area (Å²) in [6.07, 6.45) is 0. The molecule has 7 heteroatoms. The van der Waals surface area contributed by atoms with E-state index in [1.165, 1.54) is 11.8 Å². The van der Waals surface area contributed by atoms with Crippen LogP contribution in [0, 0.1) is 0 Å². The standard InChI is InChI=1S/C18H15N3O2S2/c22-16(9-21-11-24-10-17(21)23)19-13-7-5-12(6-8-13)18-20-14-3-1-2-4-15(14)25-18/h1-8H,9-11H2,(H,19,22). The number of rotatable bonds is 4. The van der Waals surface area contributed by atoms with E-state index in [1.54, 1.807) is 16.2 Å². The summed E-state index contributed by atoms with van der Waals surface area (Å²) in [5.41, 5.74) is 2.73. The van der Waals surface area contributed by atoms with E-state index in [0.717, 1.165) is 20.8 Å². The molecule has 0 bridgehead atoms. The van der Waals surface area contributed by atoms with Crippen LogP contribution in [0.1, 0.15) is 0 Å². The van der Waals surface area contributed by atoms with E-state index in [4.69, 9.17) is 0 Å². The highest BCUT2D eigenvalue weighted by molar-refractivity contribution is 8.00. The number of thioether (sulfide) groups is 1. The van der Waals surface area contributed by atoms with Crippen molar-refractivity contribution in [2.24, 2.45) is 0 Å². The van der Waals surface area contributed by atoms with Gasteiger partial charge < -0.3 is 10.2 Å². The highest BCUT2D eigenvalue weighted by Crippen LogP contribution is 2.30. The van der Waals surface area contributed by atoms with Gasteiger partial charge in [-0.2, -0.15) is 0 Å². The first-order chi connectivity index (χ1) is 12.2. The molecule has 2 heterocycles. The van der Waals surface area contributed by atoms with Crippen molar-refractivity contribution in [1.29, 1.82) is 0 Å². The van der Waals surface area contributed by atoms with Gasteiger partial charge in [0, 0.05) is 11.3 Å².